The molecule has 0 aromatic rings. The van der Waals surface area contributed by atoms with Gasteiger partial charge in [-0.1, -0.05) is 64.7 Å². The lowest BCUT2D eigenvalue weighted by Crippen LogP contribution is -2.31. The van der Waals surface area contributed by atoms with Crippen LogP contribution in [0, 0.1) is 0 Å². The van der Waals surface area contributed by atoms with Crippen LogP contribution in [-0.2, 0) is 4.74 Å². The zero-order chi connectivity index (χ0) is 13.5. The molecule has 110 valence electrons. The lowest BCUT2D eigenvalue weighted by Gasteiger charge is -2.13. The van der Waals surface area contributed by atoms with Crippen LogP contribution in [0.15, 0.2) is 0 Å². The number of ether oxygens (including phenoxy) is 1. The molecule has 0 radical (unpaired) electrons. The van der Waals surface area contributed by atoms with Gasteiger partial charge >= 0.3 is 0 Å². The van der Waals surface area contributed by atoms with Crippen molar-refractivity contribution in [3.05, 3.63) is 0 Å². The molecule has 4 N–H and O–H groups in total. The van der Waals surface area contributed by atoms with Crippen LogP contribution in [0.2, 0.25) is 0 Å². The third-order valence-electron chi connectivity index (χ3n) is 3.38. The Hall–Kier alpha value is -0.120. The summed E-state index contributed by atoms with van der Waals surface area (Å²) in [5.74, 6) is 0. The number of hydrogen-bond acceptors (Lipinski definition) is 3. The summed E-state index contributed by atoms with van der Waals surface area (Å²) in [5.41, 5.74) is 11.0. The fourth-order valence-corrected chi connectivity index (χ4v) is 2.07. The van der Waals surface area contributed by atoms with Gasteiger partial charge in [-0.2, -0.15) is 0 Å². The maximum atomic E-state index is 5.56. The van der Waals surface area contributed by atoms with Gasteiger partial charge in [-0.05, 0) is 6.42 Å². The van der Waals surface area contributed by atoms with Gasteiger partial charge < -0.3 is 16.2 Å². The van der Waals surface area contributed by atoms with Crippen molar-refractivity contribution in [3.8, 4) is 0 Å². The number of hydrogen-bond donors (Lipinski definition) is 2. The highest BCUT2D eigenvalue weighted by Gasteiger charge is 2.02. The fourth-order valence-electron chi connectivity index (χ4n) is 2.07. The van der Waals surface area contributed by atoms with Crippen molar-refractivity contribution in [2.45, 2.75) is 77.2 Å². The van der Waals surface area contributed by atoms with E-state index in [1.165, 1.54) is 57.8 Å². The first-order chi connectivity index (χ1) is 8.85. The molecular formula is C15H34N2O. The van der Waals surface area contributed by atoms with Crippen LogP contribution < -0.4 is 11.5 Å². The number of rotatable bonds is 14. The minimum absolute atomic E-state index is 0.0589. The highest BCUT2D eigenvalue weighted by atomic mass is 16.5. The maximum absolute atomic E-state index is 5.56. The Bertz CT molecular complexity index is 149. The second kappa shape index (κ2) is 14.9. The van der Waals surface area contributed by atoms with Gasteiger partial charge in [0.15, 0.2) is 0 Å². The molecule has 0 saturated heterocycles. The second-order valence-corrected chi connectivity index (χ2v) is 5.15. The van der Waals surface area contributed by atoms with Crippen LogP contribution in [0.5, 0.6) is 0 Å². The molecule has 0 aliphatic rings. The first-order valence-electron chi connectivity index (χ1n) is 7.86. The molecule has 0 heterocycles. The van der Waals surface area contributed by atoms with Crippen LogP contribution in [0.4, 0.5) is 0 Å². The average Bonchev–Trinajstić information content (AvgIpc) is 2.40. The van der Waals surface area contributed by atoms with E-state index in [1.54, 1.807) is 0 Å². The first kappa shape index (κ1) is 17.9. The molecule has 0 aromatic heterocycles. The predicted molar refractivity (Wildman–Crippen MR) is 79.7 cm³/mol. The van der Waals surface area contributed by atoms with Crippen LogP contribution in [0.3, 0.4) is 0 Å². The van der Waals surface area contributed by atoms with E-state index in [1.807, 2.05) is 0 Å². The summed E-state index contributed by atoms with van der Waals surface area (Å²) in [6.45, 7) is 4.15. The van der Waals surface area contributed by atoms with Crippen LogP contribution in [0.25, 0.3) is 0 Å². The van der Waals surface area contributed by atoms with Crippen molar-refractivity contribution in [1.82, 2.24) is 0 Å². The van der Waals surface area contributed by atoms with Gasteiger partial charge in [0.25, 0.3) is 0 Å². The molecule has 0 rings (SSSR count). The largest absolute Gasteiger partial charge is 0.376 e. The summed E-state index contributed by atoms with van der Waals surface area (Å²) >= 11 is 0. The van der Waals surface area contributed by atoms with Crippen molar-refractivity contribution in [2.24, 2.45) is 11.5 Å². The summed E-state index contributed by atoms with van der Waals surface area (Å²) < 4.78 is 5.56. The molecule has 0 aromatic carbocycles. The lowest BCUT2D eigenvalue weighted by atomic mass is 10.1. The first-order valence-corrected chi connectivity index (χ1v) is 7.86. The van der Waals surface area contributed by atoms with Crippen molar-refractivity contribution < 1.29 is 4.74 Å². The lowest BCUT2D eigenvalue weighted by molar-refractivity contribution is 0.0621. The third kappa shape index (κ3) is 12.3. The average molecular weight is 258 g/mol. The predicted octanol–water partition coefficient (Wildman–Crippen LogP) is 3.21. The summed E-state index contributed by atoms with van der Waals surface area (Å²) in [4.78, 5) is 0. The normalized spacial score (nSPS) is 11.3. The zero-order valence-corrected chi connectivity index (χ0v) is 12.3. The summed E-state index contributed by atoms with van der Waals surface area (Å²) in [7, 11) is 0. The molecule has 0 spiro atoms. The quantitative estimate of drug-likeness (QED) is 0.470. The van der Waals surface area contributed by atoms with Crippen LogP contribution >= 0.6 is 0 Å². The maximum Gasteiger partial charge on any atom is 0.0819 e. The molecule has 0 aliphatic carbocycles. The Kier molecular flexibility index (Phi) is 14.8. The van der Waals surface area contributed by atoms with Gasteiger partial charge in [-0.25, -0.2) is 0 Å². The van der Waals surface area contributed by atoms with E-state index in [9.17, 15) is 0 Å². The summed E-state index contributed by atoms with van der Waals surface area (Å²) in [6.07, 6.45) is 13.6. The molecule has 18 heavy (non-hydrogen) atoms. The minimum atomic E-state index is 0.0589. The van der Waals surface area contributed by atoms with Crippen molar-refractivity contribution in [3.63, 3.8) is 0 Å². The van der Waals surface area contributed by atoms with Crippen LogP contribution in [-0.4, -0.2) is 25.8 Å². The van der Waals surface area contributed by atoms with E-state index >= 15 is 0 Å². The van der Waals surface area contributed by atoms with Gasteiger partial charge in [0.2, 0.25) is 0 Å². The van der Waals surface area contributed by atoms with Gasteiger partial charge in [-0.15, -0.1) is 0 Å². The Morgan fingerprint density at radius 3 is 1.61 bits per heavy atom. The standard InChI is InChI=1S/C15H34N2O/c1-2-3-4-5-6-7-8-9-10-11-12-18-15(13-16)14-17/h15H,2-14,16-17H2,1H3. The molecule has 0 amide bonds. The highest BCUT2D eigenvalue weighted by molar-refractivity contribution is 4.58. The van der Waals surface area contributed by atoms with Crippen molar-refractivity contribution in [1.29, 1.82) is 0 Å². The summed E-state index contributed by atoms with van der Waals surface area (Å²) in [5, 5.41) is 0. The molecule has 0 aliphatic heterocycles. The van der Waals surface area contributed by atoms with Crippen molar-refractivity contribution >= 4 is 0 Å². The van der Waals surface area contributed by atoms with Crippen molar-refractivity contribution in [2.75, 3.05) is 19.7 Å². The van der Waals surface area contributed by atoms with E-state index < -0.39 is 0 Å². The van der Waals surface area contributed by atoms with Gasteiger partial charge in [0, 0.05) is 19.7 Å². The smallest absolute Gasteiger partial charge is 0.0819 e. The molecule has 0 saturated carbocycles. The molecule has 3 heteroatoms. The second-order valence-electron chi connectivity index (χ2n) is 5.15. The summed E-state index contributed by atoms with van der Waals surface area (Å²) in [6, 6.07) is 0. The minimum Gasteiger partial charge on any atom is -0.376 e. The molecule has 0 unspecified atom stereocenters. The molecule has 0 atom stereocenters. The Morgan fingerprint density at radius 1 is 0.722 bits per heavy atom. The monoisotopic (exact) mass is 258 g/mol. The third-order valence-corrected chi connectivity index (χ3v) is 3.38. The van der Waals surface area contributed by atoms with Gasteiger partial charge in [-0.3, -0.25) is 0 Å². The Labute approximate surface area is 114 Å². The Balaban J connectivity index is 3.03. The molecule has 3 nitrogen and oxygen atoms in total. The molecule has 0 fully saturated rings. The van der Waals surface area contributed by atoms with E-state index in [2.05, 4.69) is 6.92 Å². The SMILES string of the molecule is CCCCCCCCCCCCOC(CN)CN. The van der Waals surface area contributed by atoms with E-state index in [-0.39, 0.29) is 6.10 Å². The molecular weight excluding hydrogens is 224 g/mol. The number of nitrogens with two attached hydrogens (primary N) is 2. The molecule has 0 bridgehead atoms. The topological polar surface area (TPSA) is 61.3 Å². The van der Waals surface area contributed by atoms with Gasteiger partial charge in [0.05, 0.1) is 6.10 Å². The highest BCUT2D eigenvalue weighted by Crippen LogP contribution is 2.10. The number of unbranched alkanes of at least 4 members (excludes halogenated alkanes) is 9. The van der Waals surface area contributed by atoms with E-state index in [4.69, 9.17) is 16.2 Å². The Morgan fingerprint density at radius 2 is 1.17 bits per heavy atom. The fraction of sp³-hybridized carbons (Fsp3) is 1.00. The van der Waals surface area contributed by atoms with E-state index in [0.29, 0.717) is 13.1 Å². The zero-order valence-electron chi connectivity index (χ0n) is 12.3. The van der Waals surface area contributed by atoms with Gasteiger partial charge in [0.1, 0.15) is 0 Å². The van der Waals surface area contributed by atoms with Crippen LogP contribution in [0.1, 0.15) is 71.1 Å². The van der Waals surface area contributed by atoms with E-state index in [0.717, 1.165) is 13.0 Å².